The lowest BCUT2D eigenvalue weighted by Crippen LogP contribution is -2.30. The largest absolute Gasteiger partial charge is 0.396 e. The number of hydrogen-bond acceptors (Lipinski definition) is 3. The Morgan fingerprint density at radius 3 is 2.65 bits per heavy atom. The minimum Gasteiger partial charge on any atom is -0.396 e. The van der Waals surface area contributed by atoms with Gasteiger partial charge in [0.2, 0.25) is 0 Å². The predicted molar refractivity (Wildman–Crippen MR) is 71.2 cm³/mol. The molecule has 0 aliphatic heterocycles. The van der Waals surface area contributed by atoms with E-state index in [0.717, 1.165) is 11.7 Å². The molecule has 0 radical (unpaired) electrons. The third-order valence-electron chi connectivity index (χ3n) is 4.19. The smallest absolute Gasteiger partial charge is 0.151 e. The number of nitrogens with zero attached hydrogens (tertiary/aromatic N) is 1. The number of rotatable bonds is 3. The Balaban J connectivity index is 1.80. The summed E-state index contributed by atoms with van der Waals surface area (Å²) in [5.41, 5.74) is 6.90. The summed E-state index contributed by atoms with van der Waals surface area (Å²) in [6.45, 7) is 0. The van der Waals surface area contributed by atoms with Crippen LogP contribution in [0.5, 0.6) is 0 Å². The number of nitrogen functional groups attached to an aromatic ring is 1. The van der Waals surface area contributed by atoms with Crippen LogP contribution >= 0.6 is 11.6 Å². The third kappa shape index (κ3) is 2.08. The van der Waals surface area contributed by atoms with Crippen LogP contribution in [0.25, 0.3) is 0 Å². The molecular weight excluding hydrogens is 234 g/mol. The van der Waals surface area contributed by atoms with Gasteiger partial charge in [0.1, 0.15) is 5.15 Å². The van der Waals surface area contributed by atoms with Gasteiger partial charge in [0.15, 0.2) is 5.82 Å². The van der Waals surface area contributed by atoms with Crippen molar-refractivity contribution in [2.24, 2.45) is 5.92 Å². The molecule has 0 bridgehead atoms. The zero-order chi connectivity index (χ0) is 11.9. The molecule has 2 aliphatic carbocycles. The van der Waals surface area contributed by atoms with E-state index < -0.39 is 0 Å². The van der Waals surface area contributed by atoms with Gasteiger partial charge in [-0.25, -0.2) is 4.98 Å². The molecule has 0 amide bonds. The van der Waals surface area contributed by atoms with E-state index in [-0.39, 0.29) is 5.54 Å². The van der Waals surface area contributed by atoms with Gasteiger partial charge >= 0.3 is 0 Å². The van der Waals surface area contributed by atoms with Crippen LogP contribution in [0.1, 0.15) is 38.5 Å². The quantitative estimate of drug-likeness (QED) is 0.809. The van der Waals surface area contributed by atoms with Crippen LogP contribution in [0.3, 0.4) is 0 Å². The monoisotopic (exact) mass is 251 g/mol. The molecule has 0 saturated heterocycles. The molecule has 1 heterocycles. The van der Waals surface area contributed by atoms with Crippen LogP contribution in [0.4, 0.5) is 11.5 Å². The van der Waals surface area contributed by atoms with Gasteiger partial charge < -0.3 is 11.1 Å². The van der Waals surface area contributed by atoms with E-state index in [1.165, 1.54) is 38.5 Å². The van der Waals surface area contributed by atoms with E-state index in [1.54, 1.807) is 6.07 Å². The normalized spacial score (nSPS) is 22.6. The second-order valence-corrected chi connectivity index (χ2v) is 5.72. The van der Waals surface area contributed by atoms with Gasteiger partial charge in [-0.2, -0.15) is 0 Å². The zero-order valence-electron chi connectivity index (χ0n) is 9.88. The minimum absolute atomic E-state index is 0.266. The van der Waals surface area contributed by atoms with E-state index >= 15 is 0 Å². The molecule has 0 atom stereocenters. The van der Waals surface area contributed by atoms with Crippen molar-refractivity contribution in [2.45, 2.75) is 44.1 Å². The first-order valence-corrected chi connectivity index (χ1v) is 6.78. The molecular formula is C13H18ClN3. The van der Waals surface area contributed by atoms with Gasteiger partial charge in [-0.3, -0.25) is 0 Å². The first-order chi connectivity index (χ1) is 8.20. The molecule has 2 saturated carbocycles. The summed E-state index contributed by atoms with van der Waals surface area (Å²) in [6, 6.07) is 3.56. The molecule has 1 aromatic heterocycles. The Labute approximate surface area is 107 Å². The number of anilines is 2. The van der Waals surface area contributed by atoms with Gasteiger partial charge in [0, 0.05) is 5.54 Å². The summed E-state index contributed by atoms with van der Waals surface area (Å²) < 4.78 is 0. The van der Waals surface area contributed by atoms with E-state index in [2.05, 4.69) is 10.3 Å². The Morgan fingerprint density at radius 1 is 1.29 bits per heavy atom. The lowest BCUT2D eigenvalue weighted by molar-refractivity contribution is 0.441. The summed E-state index contributed by atoms with van der Waals surface area (Å²) in [6.07, 6.45) is 7.90. The van der Waals surface area contributed by atoms with Gasteiger partial charge in [0.05, 0.1) is 5.69 Å². The van der Waals surface area contributed by atoms with Crippen molar-refractivity contribution in [3.05, 3.63) is 17.3 Å². The number of pyridine rings is 1. The standard InChI is InChI=1S/C13H18ClN3/c14-11-6-5-10(15)12(16-11)17-13(7-8-13)9-3-1-2-4-9/h5-6,9H,1-4,7-8,15H2,(H,16,17). The fourth-order valence-corrected chi connectivity index (χ4v) is 3.18. The first kappa shape index (κ1) is 11.1. The van der Waals surface area contributed by atoms with Gasteiger partial charge in [0.25, 0.3) is 0 Å². The molecule has 3 nitrogen and oxygen atoms in total. The number of hydrogen-bond donors (Lipinski definition) is 2. The van der Waals surface area contributed by atoms with E-state index in [9.17, 15) is 0 Å². The maximum absolute atomic E-state index is 5.94. The highest BCUT2D eigenvalue weighted by molar-refractivity contribution is 6.29. The molecule has 0 unspecified atom stereocenters. The molecule has 0 spiro atoms. The van der Waals surface area contributed by atoms with E-state index in [1.807, 2.05) is 6.07 Å². The third-order valence-corrected chi connectivity index (χ3v) is 4.40. The van der Waals surface area contributed by atoms with Gasteiger partial charge in [-0.1, -0.05) is 24.4 Å². The van der Waals surface area contributed by atoms with E-state index in [4.69, 9.17) is 17.3 Å². The Bertz CT molecular complexity index is 423. The van der Waals surface area contributed by atoms with Crippen LogP contribution in [0, 0.1) is 5.92 Å². The lowest BCUT2D eigenvalue weighted by atomic mass is 9.95. The zero-order valence-corrected chi connectivity index (χ0v) is 10.6. The summed E-state index contributed by atoms with van der Waals surface area (Å²) in [5, 5.41) is 4.06. The first-order valence-electron chi connectivity index (χ1n) is 6.40. The Morgan fingerprint density at radius 2 is 2.00 bits per heavy atom. The van der Waals surface area contributed by atoms with Crippen molar-refractivity contribution >= 4 is 23.1 Å². The molecule has 92 valence electrons. The molecule has 1 aromatic rings. The van der Waals surface area contributed by atoms with Gasteiger partial charge in [-0.15, -0.1) is 0 Å². The highest BCUT2D eigenvalue weighted by Crippen LogP contribution is 2.51. The number of nitrogens with two attached hydrogens (primary N) is 1. The van der Waals surface area contributed by atoms with Crippen LogP contribution < -0.4 is 11.1 Å². The lowest BCUT2D eigenvalue weighted by Gasteiger charge is -2.25. The number of aromatic nitrogens is 1. The summed E-state index contributed by atoms with van der Waals surface area (Å²) in [7, 11) is 0. The second kappa shape index (κ2) is 4.05. The minimum atomic E-state index is 0.266. The summed E-state index contributed by atoms with van der Waals surface area (Å²) >= 11 is 5.92. The molecule has 17 heavy (non-hydrogen) atoms. The average molecular weight is 252 g/mol. The molecule has 3 rings (SSSR count). The van der Waals surface area contributed by atoms with Crippen LogP contribution in [-0.4, -0.2) is 10.5 Å². The highest BCUT2D eigenvalue weighted by Gasteiger charge is 2.50. The second-order valence-electron chi connectivity index (χ2n) is 5.33. The van der Waals surface area contributed by atoms with E-state index in [0.29, 0.717) is 10.8 Å². The van der Waals surface area contributed by atoms with Crippen molar-refractivity contribution in [2.75, 3.05) is 11.1 Å². The fourth-order valence-electron chi connectivity index (χ4n) is 3.03. The molecule has 4 heteroatoms. The molecule has 0 aromatic carbocycles. The van der Waals surface area contributed by atoms with Crippen molar-refractivity contribution in [3.63, 3.8) is 0 Å². The predicted octanol–water partition coefficient (Wildman–Crippen LogP) is 3.45. The number of halogens is 1. The highest BCUT2D eigenvalue weighted by atomic mass is 35.5. The fraction of sp³-hybridized carbons (Fsp3) is 0.615. The topological polar surface area (TPSA) is 50.9 Å². The maximum Gasteiger partial charge on any atom is 0.151 e. The van der Waals surface area contributed by atoms with Crippen LogP contribution in [-0.2, 0) is 0 Å². The van der Waals surface area contributed by atoms with Crippen LogP contribution in [0.15, 0.2) is 12.1 Å². The summed E-state index contributed by atoms with van der Waals surface area (Å²) in [4.78, 5) is 4.30. The average Bonchev–Trinajstić information content (AvgIpc) is 2.89. The molecule has 3 N–H and O–H groups in total. The SMILES string of the molecule is Nc1ccc(Cl)nc1NC1(C2CCCC2)CC1. The van der Waals surface area contributed by atoms with Crippen LogP contribution in [0.2, 0.25) is 5.15 Å². The van der Waals surface area contributed by atoms with Gasteiger partial charge in [-0.05, 0) is 43.7 Å². The number of nitrogens with one attached hydrogen (secondary N) is 1. The molecule has 2 aliphatic rings. The van der Waals surface area contributed by atoms with Crippen molar-refractivity contribution in [1.82, 2.24) is 4.98 Å². The Hall–Kier alpha value is -0.960. The Kier molecular flexibility index (Phi) is 2.66. The van der Waals surface area contributed by atoms with Crippen molar-refractivity contribution in [1.29, 1.82) is 0 Å². The summed E-state index contributed by atoms with van der Waals surface area (Å²) in [5.74, 6) is 1.56. The van der Waals surface area contributed by atoms with Crippen molar-refractivity contribution < 1.29 is 0 Å². The molecule has 2 fully saturated rings. The maximum atomic E-state index is 5.94. The van der Waals surface area contributed by atoms with Crippen molar-refractivity contribution in [3.8, 4) is 0 Å².